The normalized spacial score (nSPS) is 18.8. The lowest BCUT2D eigenvalue weighted by Gasteiger charge is -2.39. The van der Waals surface area contributed by atoms with Crippen LogP contribution >= 0.6 is 12.2 Å². The lowest BCUT2D eigenvalue weighted by Crippen LogP contribution is -2.53. The minimum absolute atomic E-state index is 0.0185. The molecule has 14 heavy (non-hydrogen) atoms. The van der Waals surface area contributed by atoms with E-state index in [1.165, 1.54) is 0 Å². The third-order valence-corrected chi connectivity index (χ3v) is 3.18. The summed E-state index contributed by atoms with van der Waals surface area (Å²) < 4.78 is 0. The van der Waals surface area contributed by atoms with Gasteiger partial charge >= 0.3 is 0 Å². The van der Waals surface area contributed by atoms with Gasteiger partial charge in [-0.2, -0.15) is 0 Å². The highest BCUT2D eigenvalue weighted by Crippen LogP contribution is 2.41. The lowest BCUT2D eigenvalue weighted by atomic mass is 9.68. The SMILES string of the molecule is CC(C)CNC(=O)C1(C(N)=S)CCC1. The molecule has 80 valence electrons. The van der Waals surface area contributed by atoms with Crippen molar-refractivity contribution in [2.75, 3.05) is 6.54 Å². The fourth-order valence-electron chi connectivity index (χ4n) is 1.58. The first-order valence-corrected chi connectivity index (χ1v) is 5.48. The Morgan fingerprint density at radius 3 is 2.43 bits per heavy atom. The van der Waals surface area contributed by atoms with Gasteiger partial charge in [-0.25, -0.2) is 0 Å². The fourth-order valence-corrected chi connectivity index (χ4v) is 1.88. The zero-order valence-corrected chi connectivity index (χ0v) is 9.62. The van der Waals surface area contributed by atoms with E-state index in [2.05, 4.69) is 19.2 Å². The van der Waals surface area contributed by atoms with Crippen LogP contribution in [0.15, 0.2) is 0 Å². The van der Waals surface area contributed by atoms with Crippen molar-refractivity contribution in [3.63, 3.8) is 0 Å². The van der Waals surface area contributed by atoms with Gasteiger partial charge in [-0.15, -0.1) is 0 Å². The molecule has 0 radical (unpaired) electrons. The van der Waals surface area contributed by atoms with E-state index in [9.17, 15) is 4.79 Å². The monoisotopic (exact) mass is 214 g/mol. The number of hydrogen-bond acceptors (Lipinski definition) is 2. The molecule has 1 rings (SSSR count). The second-order valence-electron chi connectivity index (χ2n) is 4.40. The number of rotatable bonds is 4. The maximum Gasteiger partial charge on any atom is 0.233 e. The second kappa shape index (κ2) is 4.26. The van der Waals surface area contributed by atoms with Crippen LogP contribution in [0.5, 0.6) is 0 Å². The highest BCUT2D eigenvalue weighted by Gasteiger charge is 2.46. The number of carbonyl (C=O) groups excluding carboxylic acids is 1. The molecule has 0 atom stereocenters. The van der Waals surface area contributed by atoms with Gasteiger partial charge in [-0.05, 0) is 18.8 Å². The zero-order valence-electron chi connectivity index (χ0n) is 8.80. The number of nitrogens with one attached hydrogen (secondary N) is 1. The Kier molecular flexibility index (Phi) is 3.48. The van der Waals surface area contributed by atoms with Gasteiger partial charge in [0.05, 0.1) is 10.4 Å². The van der Waals surface area contributed by atoms with Gasteiger partial charge in [0, 0.05) is 6.54 Å². The Morgan fingerprint density at radius 2 is 2.14 bits per heavy atom. The van der Waals surface area contributed by atoms with E-state index in [1.807, 2.05) is 0 Å². The van der Waals surface area contributed by atoms with Crippen LogP contribution < -0.4 is 11.1 Å². The van der Waals surface area contributed by atoms with E-state index in [-0.39, 0.29) is 5.91 Å². The van der Waals surface area contributed by atoms with Crippen LogP contribution in [-0.2, 0) is 4.79 Å². The van der Waals surface area contributed by atoms with E-state index in [1.54, 1.807) is 0 Å². The molecule has 1 saturated carbocycles. The molecule has 0 aromatic rings. The van der Waals surface area contributed by atoms with Crippen molar-refractivity contribution < 1.29 is 4.79 Å². The standard InChI is InChI=1S/C10H18N2OS/c1-7(2)6-12-9(13)10(8(11)14)4-3-5-10/h7H,3-6H2,1-2H3,(H2,11,14)(H,12,13). The second-order valence-corrected chi connectivity index (χ2v) is 4.84. The summed E-state index contributed by atoms with van der Waals surface area (Å²) in [5, 5.41) is 2.90. The molecule has 0 aromatic heterocycles. The number of carbonyl (C=O) groups is 1. The fraction of sp³-hybridized carbons (Fsp3) is 0.800. The molecule has 0 spiro atoms. The van der Waals surface area contributed by atoms with E-state index < -0.39 is 5.41 Å². The molecule has 4 heteroatoms. The van der Waals surface area contributed by atoms with Gasteiger partial charge in [0.1, 0.15) is 0 Å². The lowest BCUT2D eigenvalue weighted by molar-refractivity contribution is -0.130. The molecule has 0 bridgehead atoms. The van der Waals surface area contributed by atoms with E-state index in [4.69, 9.17) is 18.0 Å². The third kappa shape index (κ3) is 2.05. The van der Waals surface area contributed by atoms with Crippen molar-refractivity contribution in [2.24, 2.45) is 17.1 Å². The number of amides is 1. The molecular formula is C10H18N2OS. The molecule has 1 aliphatic carbocycles. The molecule has 0 aliphatic heterocycles. The van der Waals surface area contributed by atoms with Crippen molar-refractivity contribution in [3.8, 4) is 0 Å². The Bertz CT molecular complexity index is 247. The van der Waals surface area contributed by atoms with Crippen molar-refractivity contribution in [1.29, 1.82) is 0 Å². The summed E-state index contributed by atoms with van der Waals surface area (Å²) in [5.41, 5.74) is 5.09. The first kappa shape index (κ1) is 11.4. The molecule has 3 N–H and O–H groups in total. The predicted molar refractivity (Wildman–Crippen MR) is 60.9 cm³/mol. The van der Waals surface area contributed by atoms with Crippen molar-refractivity contribution in [3.05, 3.63) is 0 Å². The Morgan fingerprint density at radius 1 is 1.57 bits per heavy atom. The van der Waals surface area contributed by atoms with Crippen LogP contribution in [0.2, 0.25) is 0 Å². The maximum absolute atomic E-state index is 11.8. The number of hydrogen-bond donors (Lipinski definition) is 2. The highest BCUT2D eigenvalue weighted by atomic mass is 32.1. The molecule has 1 aliphatic rings. The van der Waals surface area contributed by atoms with Crippen molar-refractivity contribution >= 4 is 23.1 Å². The Hall–Kier alpha value is -0.640. The Labute approximate surface area is 90.4 Å². The van der Waals surface area contributed by atoms with Gasteiger partial charge in [0.25, 0.3) is 0 Å². The summed E-state index contributed by atoms with van der Waals surface area (Å²) in [5.74, 6) is 0.479. The van der Waals surface area contributed by atoms with Crippen LogP contribution in [0.25, 0.3) is 0 Å². The molecular weight excluding hydrogens is 196 g/mol. The van der Waals surface area contributed by atoms with E-state index in [0.717, 1.165) is 19.3 Å². The Balaban J connectivity index is 2.53. The van der Waals surface area contributed by atoms with Gasteiger partial charge in [0.15, 0.2) is 0 Å². The topological polar surface area (TPSA) is 55.1 Å². The predicted octanol–water partition coefficient (Wildman–Crippen LogP) is 1.21. The number of thiocarbonyl (C=S) groups is 1. The quantitative estimate of drug-likeness (QED) is 0.692. The summed E-state index contributed by atoms with van der Waals surface area (Å²) >= 11 is 4.95. The molecule has 0 saturated heterocycles. The first-order chi connectivity index (χ1) is 6.49. The van der Waals surface area contributed by atoms with Crippen LogP contribution in [0, 0.1) is 11.3 Å². The first-order valence-electron chi connectivity index (χ1n) is 5.07. The summed E-state index contributed by atoms with van der Waals surface area (Å²) in [6.07, 6.45) is 2.67. The van der Waals surface area contributed by atoms with Crippen molar-refractivity contribution in [1.82, 2.24) is 5.32 Å². The van der Waals surface area contributed by atoms with Gasteiger partial charge in [-0.3, -0.25) is 4.79 Å². The summed E-state index contributed by atoms with van der Waals surface area (Å²) in [7, 11) is 0. The smallest absolute Gasteiger partial charge is 0.233 e. The van der Waals surface area contributed by atoms with E-state index >= 15 is 0 Å². The largest absolute Gasteiger partial charge is 0.392 e. The summed E-state index contributed by atoms with van der Waals surface area (Å²) in [4.78, 5) is 12.2. The zero-order chi connectivity index (χ0) is 10.8. The third-order valence-electron chi connectivity index (χ3n) is 2.78. The average molecular weight is 214 g/mol. The van der Waals surface area contributed by atoms with Gasteiger partial charge in [0.2, 0.25) is 5.91 Å². The molecule has 0 heterocycles. The molecule has 0 unspecified atom stereocenters. The van der Waals surface area contributed by atoms with Gasteiger partial charge < -0.3 is 11.1 Å². The maximum atomic E-state index is 11.8. The minimum atomic E-state index is -0.524. The van der Waals surface area contributed by atoms with Crippen LogP contribution in [0.4, 0.5) is 0 Å². The number of nitrogens with two attached hydrogens (primary N) is 1. The minimum Gasteiger partial charge on any atom is -0.392 e. The van der Waals surface area contributed by atoms with Crippen LogP contribution in [-0.4, -0.2) is 17.4 Å². The molecule has 1 amide bonds. The summed E-state index contributed by atoms with van der Waals surface area (Å²) in [6.45, 7) is 4.83. The molecule has 0 aromatic carbocycles. The molecule has 3 nitrogen and oxygen atoms in total. The highest BCUT2D eigenvalue weighted by molar-refractivity contribution is 7.80. The van der Waals surface area contributed by atoms with E-state index in [0.29, 0.717) is 17.5 Å². The molecule has 1 fully saturated rings. The van der Waals surface area contributed by atoms with Crippen LogP contribution in [0.3, 0.4) is 0 Å². The van der Waals surface area contributed by atoms with Crippen molar-refractivity contribution in [2.45, 2.75) is 33.1 Å². The average Bonchev–Trinajstić information content (AvgIpc) is 1.97. The van der Waals surface area contributed by atoms with Crippen LogP contribution in [0.1, 0.15) is 33.1 Å². The summed E-state index contributed by atoms with van der Waals surface area (Å²) in [6, 6.07) is 0. The van der Waals surface area contributed by atoms with Gasteiger partial charge in [-0.1, -0.05) is 32.5 Å².